The summed E-state index contributed by atoms with van der Waals surface area (Å²) in [7, 11) is 0. The zero-order valence-corrected chi connectivity index (χ0v) is 24.2. The van der Waals surface area contributed by atoms with Crippen LogP contribution in [0, 0.1) is 0 Å². The summed E-state index contributed by atoms with van der Waals surface area (Å²) in [4.78, 5) is 17.7. The SMILES string of the molecule is C=CC1=C(CC)c2cc3[nH]c(cc4[nH]c(cc5nc(cc1n2)C(C=C)=C5CC)c(CC)c4C=C)c(C=C)c3CC. The molecular weight excluding hydrogens is 488 g/mol. The van der Waals surface area contributed by atoms with E-state index in [2.05, 4.69) is 88.2 Å². The average molecular weight is 527 g/mol. The molecule has 3 aromatic heterocycles. The predicted molar refractivity (Wildman–Crippen MR) is 175 cm³/mol. The average Bonchev–Trinajstić information content (AvgIpc) is 3.67. The van der Waals surface area contributed by atoms with Crippen LogP contribution in [0.4, 0.5) is 0 Å². The third kappa shape index (κ3) is 4.24. The van der Waals surface area contributed by atoms with Crippen molar-refractivity contribution in [2.75, 3.05) is 0 Å². The van der Waals surface area contributed by atoms with E-state index in [0.29, 0.717) is 0 Å². The molecule has 0 saturated heterocycles. The van der Waals surface area contributed by atoms with Crippen LogP contribution in [0.2, 0.25) is 0 Å². The van der Waals surface area contributed by atoms with Crippen LogP contribution in [-0.2, 0) is 12.8 Å². The summed E-state index contributed by atoms with van der Waals surface area (Å²) >= 11 is 0. The van der Waals surface area contributed by atoms with Crippen LogP contribution in [0.15, 0.2) is 62.7 Å². The van der Waals surface area contributed by atoms with Crippen molar-refractivity contribution in [3.8, 4) is 0 Å². The van der Waals surface area contributed by atoms with E-state index in [1.165, 1.54) is 22.3 Å². The van der Waals surface area contributed by atoms with E-state index in [0.717, 1.165) is 92.8 Å². The minimum absolute atomic E-state index is 0.846. The van der Waals surface area contributed by atoms with Gasteiger partial charge in [0.25, 0.3) is 0 Å². The van der Waals surface area contributed by atoms with Gasteiger partial charge in [-0.3, -0.25) is 0 Å². The van der Waals surface area contributed by atoms with E-state index >= 15 is 0 Å². The number of hydrogen-bond donors (Lipinski definition) is 2. The lowest BCUT2D eigenvalue weighted by atomic mass is 10.00. The van der Waals surface area contributed by atoms with Gasteiger partial charge in [0, 0.05) is 44.3 Å². The maximum absolute atomic E-state index is 5.13. The largest absolute Gasteiger partial charge is 0.355 e. The number of nitrogens with zero attached hydrogens (tertiary/aromatic N) is 2. The number of H-pyrrole nitrogens is 2. The van der Waals surface area contributed by atoms with Gasteiger partial charge in [-0.1, -0.05) is 78.3 Å². The Morgan fingerprint density at radius 2 is 0.950 bits per heavy atom. The maximum atomic E-state index is 5.13. The molecule has 8 bridgehead atoms. The summed E-state index contributed by atoms with van der Waals surface area (Å²) in [5.41, 5.74) is 16.9. The van der Waals surface area contributed by atoms with Gasteiger partial charge in [0.2, 0.25) is 0 Å². The van der Waals surface area contributed by atoms with E-state index in [1.807, 2.05) is 24.3 Å². The number of rotatable bonds is 8. The van der Waals surface area contributed by atoms with Gasteiger partial charge in [-0.25, -0.2) is 9.97 Å². The molecule has 4 heteroatoms. The minimum atomic E-state index is 0.846. The van der Waals surface area contributed by atoms with Crippen molar-refractivity contribution in [1.29, 1.82) is 0 Å². The van der Waals surface area contributed by atoms with E-state index in [-0.39, 0.29) is 0 Å². The van der Waals surface area contributed by atoms with Crippen LogP contribution >= 0.6 is 0 Å². The molecule has 4 nitrogen and oxygen atoms in total. The lowest BCUT2D eigenvalue weighted by molar-refractivity contribution is 1.15. The second kappa shape index (κ2) is 11.0. The molecular formula is C36H38N4. The van der Waals surface area contributed by atoms with Crippen molar-refractivity contribution in [2.24, 2.45) is 0 Å². The van der Waals surface area contributed by atoms with Crippen LogP contribution in [-0.4, -0.2) is 19.9 Å². The highest BCUT2D eigenvalue weighted by Crippen LogP contribution is 2.38. The molecule has 2 N–H and O–H groups in total. The first-order valence-electron chi connectivity index (χ1n) is 14.2. The molecule has 0 unspecified atom stereocenters. The Labute approximate surface area is 237 Å². The quantitative estimate of drug-likeness (QED) is 0.307. The summed E-state index contributed by atoms with van der Waals surface area (Å²) in [6, 6.07) is 8.62. The Kier molecular flexibility index (Phi) is 7.44. The Hall–Kier alpha value is -4.44. The fourth-order valence-electron chi connectivity index (χ4n) is 6.20. The summed E-state index contributed by atoms with van der Waals surface area (Å²) < 4.78 is 0. The zero-order valence-electron chi connectivity index (χ0n) is 24.2. The van der Waals surface area contributed by atoms with Gasteiger partial charge >= 0.3 is 0 Å². The van der Waals surface area contributed by atoms with Crippen molar-refractivity contribution in [3.63, 3.8) is 0 Å². The predicted octanol–water partition coefficient (Wildman–Crippen LogP) is 9.74. The molecule has 0 aliphatic carbocycles. The van der Waals surface area contributed by atoms with Crippen molar-refractivity contribution >= 4 is 56.5 Å². The number of aromatic amines is 2. The molecule has 0 saturated carbocycles. The second-order valence-corrected chi connectivity index (χ2v) is 10.0. The monoisotopic (exact) mass is 526 g/mol. The molecule has 2 aliphatic heterocycles. The fraction of sp³-hybridized carbons (Fsp3) is 0.222. The van der Waals surface area contributed by atoms with E-state index in [4.69, 9.17) is 9.97 Å². The summed E-state index contributed by atoms with van der Waals surface area (Å²) in [6.45, 7) is 25.3. The van der Waals surface area contributed by atoms with Crippen LogP contribution in [0.25, 0.3) is 56.5 Å². The normalized spacial score (nSPS) is 13.1. The van der Waals surface area contributed by atoms with E-state index in [9.17, 15) is 0 Å². The molecule has 0 radical (unpaired) electrons. The van der Waals surface area contributed by atoms with Gasteiger partial charge < -0.3 is 9.97 Å². The van der Waals surface area contributed by atoms with Crippen LogP contribution in [0.3, 0.4) is 0 Å². The molecule has 0 amide bonds. The first kappa shape index (κ1) is 27.1. The van der Waals surface area contributed by atoms with Crippen LogP contribution < -0.4 is 0 Å². The van der Waals surface area contributed by atoms with Gasteiger partial charge in [0.1, 0.15) is 0 Å². The molecule has 0 atom stereocenters. The standard InChI is InChI=1S/C36H38N4/c1-9-21-22(10-2)30-18-32-25(13-5)26(14-6)34(39-32)20-36-28(16-8)27(15-7)35(40-36)19-33-24(12-4)23(11-3)31(38-33)17-29(21)37-30/h9,11,14,16-20,37-38H,1,3,6,8,10,12-13,15H2,2,4-5,7H3. The Balaban J connectivity index is 2.06. The number of fused-ring (bicyclic) bond motifs is 8. The topological polar surface area (TPSA) is 57.4 Å². The summed E-state index contributed by atoms with van der Waals surface area (Å²) in [6.07, 6.45) is 11.2. The summed E-state index contributed by atoms with van der Waals surface area (Å²) in [5, 5.41) is 0. The minimum Gasteiger partial charge on any atom is -0.355 e. The number of aryl methyl sites for hydroxylation is 2. The van der Waals surface area contributed by atoms with Crippen molar-refractivity contribution in [1.82, 2.24) is 19.9 Å². The van der Waals surface area contributed by atoms with Gasteiger partial charge in [-0.05, 0) is 72.2 Å². The molecule has 2 aliphatic rings. The summed E-state index contributed by atoms with van der Waals surface area (Å²) in [5.74, 6) is 0. The molecule has 5 heterocycles. The van der Waals surface area contributed by atoms with Gasteiger partial charge in [-0.15, -0.1) is 0 Å². The first-order valence-corrected chi connectivity index (χ1v) is 14.2. The molecule has 3 aromatic rings. The lowest BCUT2D eigenvalue weighted by Crippen LogP contribution is -1.84. The fourth-order valence-corrected chi connectivity index (χ4v) is 6.20. The number of hydrogen-bond acceptors (Lipinski definition) is 2. The van der Waals surface area contributed by atoms with Gasteiger partial charge in [-0.2, -0.15) is 0 Å². The first-order chi connectivity index (χ1) is 19.5. The van der Waals surface area contributed by atoms with Gasteiger partial charge in [0.15, 0.2) is 0 Å². The zero-order chi connectivity index (χ0) is 28.6. The maximum Gasteiger partial charge on any atom is 0.0734 e. The Bertz CT molecular complexity index is 1670. The molecule has 202 valence electrons. The molecule has 40 heavy (non-hydrogen) atoms. The lowest BCUT2D eigenvalue weighted by Gasteiger charge is -2.02. The van der Waals surface area contributed by atoms with E-state index in [1.54, 1.807) is 0 Å². The second-order valence-electron chi connectivity index (χ2n) is 10.0. The van der Waals surface area contributed by atoms with Gasteiger partial charge in [0.05, 0.1) is 22.8 Å². The Morgan fingerprint density at radius 1 is 0.525 bits per heavy atom. The van der Waals surface area contributed by atoms with Crippen LogP contribution in [0.1, 0.15) is 85.6 Å². The third-order valence-electron chi connectivity index (χ3n) is 8.08. The van der Waals surface area contributed by atoms with Crippen LogP contribution in [0.5, 0.6) is 0 Å². The van der Waals surface area contributed by atoms with Crippen molar-refractivity contribution in [2.45, 2.75) is 53.4 Å². The smallest absolute Gasteiger partial charge is 0.0734 e. The highest BCUT2D eigenvalue weighted by atomic mass is 14.8. The Morgan fingerprint density at radius 3 is 1.27 bits per heavy atom. The highest BCUT2D eigenvalue weighted by molar-refractivity contribution is 6.00. The van der Waals surface area contributed by atoms with E-state index < -0.39 is 0 Å². The molecule has 0 spiro atoms. The number of nitrogens with one attached hydrogen (secondary N) is 2. The number of aromatic nitrogens is 4. The highest BCUT2D eigenvalue weighted by Gasteiger charge is 2.21. The molecule has 5 rings (SSSR count). The van der Waals surface area contributed by atoms with Crippen molar-refractivity contribution in [3.05, 3.63) is 108 Å². The third-order valence-corrected chi connectivity index (χ3v) is 8.08. The number of allylic oxidation sites excluding steroid dienone is 6. The van der Waals surface area contributed by atoms with Crippen molar-refractivity contribution < 1.29 is 0 Å². The molecule has 0 aromatic carbocycles. The molecule has 0 fully saturated rings.